The van der Waals surface area contributed by atoms with E-state index in [1.165, 1.54) is 6.07 Å². The van der Waals surface area contributed by atoms with Gasteiger partial charge in [-0.2, -0.15) is 11.8 Å². The molecule has 116 valence electrons. The van der Waals surface area contributed by atoms with Gasteiger partial charge < -0.3 is 10.4 Å². The van der Waals surface area contributed by atoms with Crippen LogP contribution in [-0.2, 0) is 0 Å². The Balaban J connectivity index is 2.45. The number of amides is 1. The summed E-state index contributed by atoms with van der Waals surface area (Å²) in [7, 11) is 0. The minimum atomic E-state index is -0.628. The lowest BCUT2D eigenvalue weighted by molar-refractivity contribution is -0.385. The summed E-state index contributed by atoms with van der Waals surface area (Å²) in [5.74, 6) is 0.450. The number of benzene rings is 1. The Morgan fingerprint density at radius 2 is 2.05 bits per heavy atom. The van der Waals surface area contributed by atoms with Crippen molar-refractivity contribution in [2.45, 2.75) is 25.7 Å². The summed E-state index contributed by atoms with van der Waals surface area (Å²) >= 11 is 1.82. The summed E-state index contributed by atoms with van der Waals surface area (Å²) in [5, 5.41) is 22.9. The molecule has 0 aromatic heterocycles. The first kappa shape index (κ1) is 17.3. The number of nitro benzene ring substituents is 1. The largest absolute Gasteiger partial charge is 0.508 e. The number of aromatic hydroxyl groups is 1. The Morgan fingerprint density at radius 3 is 2.71 bits per heavy atom. The molecule has 0 saturated carbocycles. The Bertz CT molecular complexity index is 494. The van der Waals surface area contributed by atoms with Gasteiger partial charge in [0.2, 0.25) is 0 Å². The molecule has 0 fully saturated rings. The lowest BCUT2D eigenvalue weighted by Crippen LogP contribution is -2.25. The fourth-order valence-electron chi connectivity index (χ4n) is 1.89. The maximum atomic E-state index is 11.9. The molecule has 0 radical (unpaired) electrons. The van der Waals surface area contributed by atoms with Crippen LogP contribution in [0.1, 0.15) is 36.0 Å². The van der Waals surface area contributed by atoms with Crippen molar-refractivity contribution in [2.75, 3.05) is 18.6 Å². The number of unbranched alkanes of at least 4 members (excludes halogenated alkanes) is 3. The van der Waals surface area contributed by atoms with Crippen molar-refractivity contribution in [3.8, 4) is 5.75 Å². The van der Waals surface area contributed by atoms with E-state index in [-0.39, 0.29) is 17.0 Å². The number of phenolic OH excluding ortho intramolecular Hbond substituents is 1. The number of rotatable bonds is 9. The van der Waals surface area contributed by atoms with Crippen LogP contribution in [0.15, 0.2) is 18.2 Å². The van der Waals surface area contributed by atoms with E-state index >= 15 is 0 Å². The van der Waals surface area contributed by atoms with Crippen LogP contribution >= 0.6 is 11.8 Å². The minimum absolute atomic E-state index is 0.109. The van der Waals surface area contributed by atoms with Gasteiger partial charge in [-0.3, -0.25) is 14.9 Å². The van der Waals surface area contributed by atoms with Gasteiger partial charge in [0.1, 0.15) is 11.3 Å². The van der Waals surface area contributed by atoms with Gasteiger partial charge in [0.05, 0.1) is 4.92 Å². The molecule has 0 spiro atoms. The fraction of sp³-hybridized carbons (Fsp3) is 0.500. The van der Waals surface area contributed by atoms with E-state index in [0.29, 0.717) is 6.54 Å². The van der Waals surface area contributed by atoms with E-state index < -0.39 is 10.8 Å². The lowest BCUT2D eigenvalue weighted by atomic mass is 10.1. The molecule has 0 atom stereocenters. The average molecular weight is 312 g/mol. The fourth-order valence-corrected chi connectivity index (χ4v) is 2.38. The topological polar surface area (TPSA) is 92.5 Å². The molecule has 1 rings (SSSR count). The molecule has 1 aromatic carbocycles. The molecule has 0 aliphatic carbocycles. The minimum Gasteiger partial charge on any atom is -0.508 e. The second kappa shape index (κ2) is 9.23. The molecule has 7 heteroatoms. The quantitative estimate of drug-likeness (QED) is 0.415. The third-order valence-corrected chi connectivity index (χ3v) is 3.68. The summed E-state index contributed by atoms with van der Waals surface area (Å²) in [5.41, 5.74) is -0.410. The predicted octanol–water partition coefficient (Wildman–Crippen LogP) is 2.95. The number of carbonyl (C=O) groups is 1. The van der Waals surface area contributed by atoms with Gasteiger partial charge in [0, 0.05) is 12.6 Å². The average Bonchev–Trinajstić information content (AvgIpc) is 2.45. The van der Waals surface area contributed by atoms with Crippen molar-refractivity contribution in [3.05, 3.63) is 33.9 Å². The molecule has 6 nitrogen and oxygen atoms in total. The highest BCUT2D eigenvalue weighted by Gasteiger charge is 2.20. The van der Waals surface area contributed by atoms with Crippen molar-refractivity contribution >= 4 is 23.4 Å². The first-order chi connectivity index (χ1) is 10.1. The lowest BCUT2D eigenvalue weighted by Gasteiger charge is -2.06. The zero-order valence-corrected chi connectivity index (χ0v) is 12.8. The Kier molecular flexibility index (Phi) is 7.60. The van der Waals surface area contributed by atoms with Gasteiger partial charge >= 0.3 is 0 Å². The van der Waals surface area contributed by atoms with Crippen molar-refractivity contribution in [1.29, 1.82) is 0 Å². The monoisotopic (exact) mass is 312 g/mol. The molecule has 0 saturated heterocycles. The maximum Gasteiger partial charge on any atom is 0.282 e. The number of hydrogen-bond donors (Lipinski definition) is 2. The summed E-state index contributed by atoms with van der Waals surface area (Å²) in [4.78, 5) is 22.2. The second-order valence-electron chi connectivity index (χ2n) is 4.62. The summed E-state index contributed by atoms with van der Waals surface area (Å²) in [6.07, 6.45) is 6.20. The number of nitro groups is 1. The van der Waals surface area contributed by atoms with Gasteiger partial charge in [-0.05, 0) is 37.0 Å². The van der Waals surface area contributed by atoms with Crippen LogP contribution in [0.3, 0.4) is 0 Å². The highest BCUT2D eigenvalue weighted by molar-refractivity contribution is 7.98. The number of carbonyl (C=O) groups excluding carboxylic acids is 1. The van der Waals surface area contributed by atoms with Gasteiger partial charge in [0.25, 0.3) is 11.6 Å². The first-order valence-electron chi connectivity index (χ1n) is 6.80. The van der Waals surface area contributed by atoms with Crippen molar-refractivity contribution < 1.29 is 14.8 Å². The number of hydrogen-bond acceptors (Lipinski definition) is 5. The van der Waals surface area contributed by atoms with Crippen LogP contribution in [0, 0.1) is 10.1 Å². The van der Waals surface area contributed by atoms with Crippen molar-refractivity contribution in [1.82, 2.24) is 5.32 Å². The Labute approximate surface area is 128 Å². The van der Waals surface area contributed by atoms with Gasteiger partial charge in [-0.15, -0.1) is 0 Å². The molecule has 0 aliphatic heterocycles. The van der Waals surface area contributed by atoms with E-state index in [9.17, 15) is 20.0 Å². The highest BCUT2D eigenvalue weighted by atomic mass is 32.2. The zero-order chi connectivity index (χ0) is 15.7. The molecule has 0 unspecified atom stereocenters. The molecule has 1 amide bonds. The molecular weight excluding hydrogens is 292 g/mol. The molecule has 21 heavy (non-hydrogen) atoms. The number of nitrogens with one attached hydrogen (secondary N) is 1. The van der Waals surface area contributed by atoms with Crippen LogP contribution in [0.5, 0.6) is 5.75 Å². The van der Waals surface area contributed by atoms with Crippen LogP contribution in [0.4, 0.5) is 5.69 Å². The molecule has 1 aromatic rings. The zero-order valence-electron chi connectivity index (χ0n) is 12.0. The van der Waals surface area contributed by atoms with Crippen molar-refractivity contribution in [2.24, 2.45) is 0 Å². The van der Waals surface area contributed by atoms with Gasteiger partial charge in [0.15, 0.2) is 0 Å². The normalized spacial score (nSPS) is 10.3. The highest BCUT2D eigenvalue weighted by Crippen LogP contribution is 2.23. The van der Waals surface area contributed by atoms with E-state index in [0.717, 1.165) is 43.6 Å². The van der Waals surface area contributed by atoms with Crippen LogP contribution in [-0.4, -0.2) is 34.5 Å². The SMILES string of the molecule is CSCCCCCCNC(=O)c1cc(O)ccc1[N+](=O)[O-]. The van der Waals surface area contributed by atoms with Crippen LogP contribution in [0.2, 0.25) is 0 Å². The van der Waals surface area contributed by atoms with E-state index in [2.05, 4.69) is 11.6 Å². The Morgan fingerprint density at radius 1 is 1.33 bits per heavy atom. The number of phenols is 1. The van der Waals surface area contributed by atoms with Crippen LogP contribution < -0.4 is 5.32 Å². The van der Waals surface area contributed by atoms with E-state index in [4.69, 9.17) is 0 Å². The second-order valence-corrected chi connectivity index (χ2v) is 5.61. The predicted molar refractivity (Wildman–Crippen MR) is 83.9 cm³/mol. The molecule has 2 N–H and O–H groups in total. The molecule has 0 heterocycles. The summed E-state index contributed by atoms with van der Waals surface area (Å²) in [6.45, 7) is 0.477. The summed E-state index contributed by atoms with van der Waals surface area (Å²) < 4.78 is 0. The van der Waals surface area contributed by atoms with Crippen LogP contribution in [0.25, 0.3) is 0 Å². The van der Waals surface area contributed by atoms with E-state index in [1.807, 2.05) is 11.8 Å². The standard InChI is InChI=1S/C14H20N2O4S/c1-21-9-5-3-2-4-8-15-14(18)12-10-11(17)6-7-13(12)16(19)20/h6-7,10,17H,2-5,8-9H2,1H3,(H,15,18). The van der Waals surface area contributed by atoms with Gasteiger partial charge in [-0.25, -0.2) is 0 Å². The smallest absolute Gasteiger partial charge is 0.282 e. The van der Waals surface area contributed by atoms with Gasteiger partial charge in [-0.1, -0.05) is 12.8 Å². The molecule has 0 aliphatic rings. The molecule has 0 bridgehead atoms. The van der Waals surface area contributed by atoms with Crippen molar-refractivity contribution in [3.63, 3.8) is 0 Å². The Hall–Kier alpha value is -1.76. The maximum absolute atomic E-state index is 11.9. The number of nitrogens with zero attached hydrogens (tertiary/aromatic N) is 1. The number of thioether (sulfide) groups is 1. The third-order valence-electron chi connectivity index (χ3n) is 2.98. The molecular formula is C14H20N2O4S. The first-order valence-corrected chi connectivity index (χ1v) is 8.20. The summed E-state index contributed by atoms with van der Waals surface area (Å²) in [6, 6.07) is 3.44. The van der Waals surface area contributed by atoms with E-state index in [1.54, 1.807) is 0 Å². The third kappa shape index (κ3) is 6.03.